The minimum Gasteiger partial charge on any atom is -0.397 e. The highest BCUT2D eigenvalue weighted by atomic mass is 32.2. The fourth-order valence-corrected chi connectivity index (χ4v) is 3.05. The van der Waals surface area contributed by atoms with Crippen LogP contribution in [0.15, 0.2) is 17.3 Å². The molecule has 1 aliphatic carbocycles. The molecule has 2 rings (SSSR count). The van der Waals surface area contributed by atoms with Crippen LogP contribution in [0.2, 0.25) is 0 Å². The zero-order chi connectivity index (χ0) is 9.97. The standard InChI is InChI=1S/C11H16N2S/c1-8-6-11(13-7-10(8)12)14-9-4-2-3-5-9/h6-7,9H,2-5,12H2,1H3. The van der Waals surface area contributed by atoms with Crippen LogP contribution < -0.4 is 5.73 Å². The molecule has 3 heteroatoms. The van der Waals surface area contributed by atoms with Crippen molar-refractivity contribution in [3.05, 3.63) is 17.8 Å². The highest BCUT2D eigenvalue weighted by Gasteiger charge is 2.16. The maximum absolute atomic E-state index is 5.73. The first-order chi connectivity index (χ1) is 6.75. The second-order valence-corrected chi connectivity index (χ2v) is 5.22. The summed E-state index contributed by atoms with van der Waals surface area (Å²) in [6, 6.07) is 2.10. The van der Waals surface area contributed by atoms with Crippen molar-refractivity contribution in [2.24, 2.45) is 0 Å². The van der Waals surface area contributed by atoms with Gasteiger partial charge >= 0.3 is 0 Å². The molecule has 0 radical (unpaired) electrons. The van der Waals surface area contributed by atoms with Crippen molar-refractivity contribution in [2.45, 2.75) is 42.9 Å². The van der Waals surface area contributed by atoms with Gasteiger partial charge in [-0.05, 0) is 31.4 Å². The Hall–Kier alpha value is -0.700. The average Bonchev–Trinajstić information content (AvgIpc) is 2.64. The van der Waals surface area contributed by atoms with E-state index in [-0.39, 0.29) is 0 Å². The van der Waals surface area contributed by atoms with Crippen LogP contribution in [0, 0.1) is 6.92 Å². The molecular formula is C11H16N2S. The Morgan fingerprint density at radius 3 is 2.79 bits per heavy atom. The molecule has 0 amide bonds. The number of aryl methyl sites for hydroxylation is 1. The monoisotopic (exact) mass is 208 g/mol. The van der Waals surface area contributed by atoms with Gasteiger partial charge in [-0.15, -0.1) is 11.8 Å². The molecule has 1 aliphatic rings. The number of pyridine rings is 1. The van der Waals surface area contributed by atoms with Crippen LogP contribution in [0.1, 0.15) is 31.2 Å². The Labute approximate surface area is 89.3 Å². The molecule has 0 aliphatic heterocycles. The number of hydrogen-bond donors (Lipinski definition) is 1. The first-order valence-corrected chi connectivity index (χ1v) is 6.02. The van der Waals surface area contributed by atoms with E-state index in [9.17, 15) is 0 Å². The molecular weight excluding hydrogens is 192 g/mol. The molecule has 1 heterocycles. The summed E-state index contributed by atoms with van der Waals surface area (Å²) in [5.41, 5.74) is 7.66. The van der Waals surface area contributed by atoms with Crippen molar-refractivity contribution in [1.29, 1.82) is 0 Å². The van der Waals surface area contributed by atoms with Crippen LogP contribution in [-0.2, 0) is 0 Å². The quantitative estimate of drug-likeness (QED) is 0.812. The minimum absolute atomic E-state index is 0.783. The van der Waals surface area contributed by atoms with Gasteiger partial charge in [-0.25, -0.2) is 4.98 Å². The number of thioether (sulfide) groups is 1. The highest BCUT2D eigenvalue weighted by Crippen LogP contribution is 2.34. The molecule has 76 valence electrons. The van der Waals surface area contributed by atoms with Gasteiger partial charge in [0.1, 0.15) is 0 Å². The molecule has 0 aromatic carbocycles. The number of nitrogens with zero attached hydrogens (tertiary/aromatic N) is 1. The third-order valence-corrected chi connectivity index (χ3v) is 3.99. The Morgan fingerprint density at radius 2 is 2.14 bits per heavy atom. The lowest BCUT2D eigenvalue weighted by Gasteiger charge is -2.08. The summed E-state index contributed by atoms with van der Waals surface area (Å²) in [4.78, 5) is 4.34. The van der Waals surface area contributed by atoms with Crippen LogP contribution >= 0.6 is 11.8 Å². The fourth-order valence-electron chi connectivity index (χ4n) is 1.78. The third kappa shape index (κ3) is 2.21. The number of aromatic nitrogens is 1. The predicted octanol–water partition coefficient (Wildman–Crippen LogP) is 3.01. The summed E-state index contributed by atoms with van der Waals surface area (Å²) in [6.45, 7) is 2.04. The van der Waals surface area contributed by atoms with Crippen molar-refractivity contribution in [3.63, 3.8) is 0 Å². The first kappa shape index (κ1) is 9.84. The number of rotatable bonds is 2. The fraction of sp³-hybridized carbons (Fsp3) is 0.545. The van der Waals surface area contributed by atoms with E-state index in [1.165, 1.54) is 25.7 Å². The normalized spacial score (nSPS) is 17.5. The Kier molecular flexibility index (Phi) is 2.96. The Balaban J connectivity index is 2.05. The molecule has 1 aromatic rings. The van der Waals surface area contributed by atoms with Crippen LogP contribution in [0.5, 0.6) is 0 Å². The Bertz CT molecular complexity index is 319. The van der Waals surface area contributed by atoms with Crippen molar-refractivity contribution >= 4 is 17.4 Å². The van der Waals surface area contributed by atoms with Gasteiger partial charge in [0.25, 0.3) is 0 Å². The average molecular weight is 208 g/mol. The van der Waals surface area contributed by atoms with Crippen LogP contribution in [0.4, 0.5) is 5.69 Å². The third-order valence-electron chi connectivity index (χ3n) is 2.72. The van der Waals surface area contributed by atoms with E-state index in [1.807, 2.05) is 18.7 Å². The first-order valence-electron chi connectivity index (χ1n) is 5.14. The lowest BCUT2D eigenvalue weighted by molar-refractivity contribution is 0.886. The summed E-state index contributed by atoms with van der Waals surface area (Å²) >= 11 is 1.91. The van der Waals surface area contributed by atoms with E-state index >= 15 is 0 Å². The largest absolute Gasteiger partial charge is 0.397 e. The molecule has 1 aromatic heterocycles. The molecule has 2 N–H and O–H groups in total. The lowest BCUT2D eigenvalue weighted by Crippen LogP contribution is -1.97. The van der Waals surface area contributed by atoms with Gasteiger partial charge in [0.05, 0.1) is 16.9 Å². The molecule has 0 saturated heterocycles. The topological polar surface area (TPSA) is 38.9 Å². The number of nitrogen functional groups attached to an aromatic ring is 1. The van der Waals surface area contributed by atoms with E-state index < -0.39 is 0 Å². The van der Waals surface area contributed by atoms with E-state index in [1.54, 1.807) is 6.20 Å². The van der Waals surface area contributed by atoms with E-state index in [2.05, 4.69) is 11.1 Å². The van der Waals surface area contributed by atoms with Gasteiger partial charge < -0.3 is 5.73 Å². The zero-order valence-electron chi connectivity index (χ0n) is 8.49. The Morgan fingerprint density at radius 1 is 1.43 bits per heavy atom. The zero-order valence-corrected chi connectivity index (χ0v) is 9.31. The van der Waals surface area contributed by atoms with Gasteiger partial charge in [0, 0.05) is 5.25 Å². The van der Waals surface area contributed by atoms with E-state index in [0.29, 0.717) is 0 Å². The SMILES string of the molecule is Cc1cc(SC2CCCC2)ncc1N. The summed E-state index contributed by atoms with van der Waals surface area (Å²) in [7, 11) is 0. The second-order valence-electron chi connectivity index (χ2n) is 3.90. The number of hydrogen-bond acceptors (Lipinski definition) is 3. The summed E-state index contributed by atoms with van der Waals surface area (Å²) in [5.74, 6) is 0. The van der Waals surface area contributed by atoms with Gasteiger partial charge in [0.15, 0.2) is 0 Å². The van der Waals surface area contributed by atoms with Gasteiger partial charge in [-0.2, -0.15) is 0 Å². The molecule has 1 fully saturated rings. The van der Waals surface area contributed by atoms with Crippen molar-refractivity contribution in [1.82, 2.24) is 4.98 Å². The predicted molar refractivity (Wildman–Crippen MR) is 61.5 cm³/mol. The summed E-state index contributed by atoms with van der Waals surface area (Å²) in [6.07, 6.45) is 7.22. The van der Waals surface area contributed by atoms with Crippen molar-refractivity contribution in [3.8, 4) is 0 Å². The molecule has 1 saturated carbocycles. The second kappa shape index (κ2) is 4.22. The molecule has 14 heavy (non-hydrogen) atoms. The van der Waals surface area contributed by atoms with Crippen LogP contribution in [-0.4, -0.2) is 10.2 Å². The van der Waals surface area contributed by atoms with Crippen LogP contribution in [0.25, 0.3) is 0 Å². The van der Waals surface area contributed by atoms with E-state index in [0.717, 1.165) is 21.5 Å². The van der Waals surface area contributed by atoms with Crippen molar-refractivity contribution in [2.75, 3.05) is 5.73 Å². The van der Waals surface area contributed by atoms with Gasteiger partial charge in [0.2, 0.25) is 0 Å². The molecule has 0 unspecified atom stereocenters. The maximum atomic E-state index is 5.73. The minimum atomic E-state index is 0.783. The van der Waals surface area contributed by atoms with Crippen molar-refractivity contribution < 1.29 is 0 Å². The summed E-state index contributed by atoms with van der Waals surface area (Å²) < 4.78 is 0. The lowest BCUT2D eigenvalue weighted by atomic mass is 10.3. The van der Waals surface area contributed by atoms with E-state index in [4.69, 9.17) is 5.73 Å². The number of anilines is 1. The van der Waals surface area contributed by atoms with Crippen LogP contribution in [0.3, 0.4) is 0 Å². The molecule has 0 atom stereocenters. The smallest absolute Gasteiger partial charge is 0.0966 e. The molecule has 0 spiro atoms. The highest BCUT2D eigenvalue weighted by molar-refractivity contribution is 7.99. The maximum Gasteiger partial charge on any atom is 0.0966 e. The molecule has 2 nitrogen and oxygen atoms in total. The summed E-state index contributed by atoms with van der Waals surface area (Å²) in [5, 5.41) is 1.91. The molecule has 0 bridgehead atoms. The van der Waals surface area contributed by atoms with Gasteiger partial charge in [-0.1, -0.05) is 12.8 Å². The van der Waals surface area contributed by atoms with Gasteiger partial charge in [-0.3, -0.25) is 0 Å². The number of nitrogens with two attached hydrogens (primary N) is 1.